The van der Waals surface area contributed by atoms with Crippen molar-refractivity contribution in [2.45, 2.75) is 37.8 Å². The first-order valence-corrected chi connectivity index (χ1v) is 7.03. The van der Waals surface area contributed by atoms with Gasteiger partial charge in [-0.15, -0.1) is 0 Å². The van der Waals surface area contributed by atoms with Gasteiger partial charge in [-0.3, -0.25) is 0 Å². The molecule has 0 spiro atoms. The van der Waals surface area contributed by atoms with Crippen LogP contribution in [0.15, 0.2) is 22.7 Å². The Hall–Kier alpha value is -0.0900. The minimum absolute atomic E-state index is 0.568. The van der Waals surface area contributed by atoms with Crippen molar-refractivity contribution in [1.82, 2.24) is 5.32 Å². The molecule has 0 radical (unpaired) electrons. The van der Waals surface area contributed by atoms with E-state index in [2.05, 4.69) is 21.2 Å². The molecule has 0 heterocycles. The molecule has 1 aliphatic rings. The summed E-state index contributed by atoms with van der Waals surface area (Å²) in [6, 6.07) is 6.38. The first kappa shape index (κ1) is 13.3. The Labute approximate surface area is 115 Å². The maximum Gasteiger partial charge on any atom is 0.0784 e. The zero-order valence-corrected chi connectivity index (χ0v) is 12.2. The van der Waals surface area contributed by atoms with Crippen molar-refractivity contribution in [3.63, 3.8) is 0 Å². The summed E-state index contributed by atoms with van der Waals surface area (Å²) >= 11 is 9.52. The second-order valence-corrected chi connectivity index (χ2v) is 6.39. The van der Waals surface area contributed by atoms with E-state index in [9.17, 15) is 5.11 Å². The molecule has 1 aromatic carbocycles. The summed E-state index contributed by atoms with van der Waals surface area (Å²) in [7, 11) is 0. The van der Waals surface area contributed by atoms with Crippen LogP contribution in [0.2, 0.25) is 5.02 Å². The predicted molar refractivity (Wildman–Crippen MR) is 74.5 cm³/mol. The second-order valence-electron chi connectivity index (χ2n) is 5.06. The fourth-order valence-corrected chi connectivity index (χ4v) is 2.53. The molecule has 17 heavy (non-hydrogen) atoms. The van der Waals surface area contributed by atoms with Crippen LogP contribution in [-0.2, 0) is 6.42 Å². The Morgan fingerprint density at radius 1 is 1.53 bits per heavy atom. The van der Waals surface area contributed by atoms with Gasteiger partial charge in [-0.1, -0.05) is 33.6 Å². The maximum absolute atomic E-state index is 10.3. The van der Waals surface area contributed by atoms with Crippen molar-refractivity contribution < 1.29 is 5.11 Å². The Kier molecular flexibility index (Phi) is 4.14. The summed E-state index contributed by atoms with van der Waals surface area (Å²) in [5.41, 5.74) is 0.234. The monoisotopic (exact) mass is 317 g/mol. The normalized spacial score (nSPS) is 19.1. The van der Waals surface area contributed by atoms with E-state index < -0.39 is 5.60 Å². The van der Waals surface area contributed by atoms with Crippen LogP contribution >= 0.6 is 27.5 Å². The van der Waals surface area contributed by atoms with E-state index >= 15 is 0 Å². The zero-order chi connectivity index (χ0) is 12.5. The van der Waals surface area contributed by atoms with Crippen molar-refractivity contribution in [3.8, 4) is 0 Å². The molecule has 1 unspecified atom stereocenters. The molecular weight excluding hydrogens is 302 g/mol. The van der Waals surface area contributed by atoms with Gasteiger partial charge in [0.2, 0.25) is 0 Å². The first-order valence-electron chi connectivity index (χ1n) is 5.86. The molecule has 94 valence electrons. The lowest BCUT2D eigenvalue weighted by Crippen LogP contribution is -2.40. The standard InChI is InChI=1S/C13H17BrClNO/c1-13(17,8-16-11-4-5-11)7-9-2-3-10(14)6-12(9)15/h2-3,6,11,16-17H,4-5,7-8H2,1H3. The molecule has 1 aromatic rings. The van der Waals surface area contributed by atoms with Crippen molar-refractivity contribution >= 4 is 27.5 Å². The third-order valence-corrected chi connectivity index (χ3v) is 3.78. The molecule has 2 rings (SSSR count). The number of rotatable bonds is 5. The summed E-state index contributed by atoms with van der Waals surface area (Å²) in [6.45, 7) is 2.46. The van der Waals surface area contributed by atoms with Crippen LogP contribution in [0.25, 0.3) is 0 Å². The highest BCUT2D eigenvalue weighted by Crippen LogP contribution is 2.25. The molecule has 0 amide bonds. The highest BCUT2D eigenvalue weighted by atomic mass is 79.9. The van der Waals surface area contributed by atoms with Crippen LogP contribution in [-0.4, -0.2) is 23.3 Å². The average molecular weight is 319 g/mol. The Bertz CT molecular complexity index is 404. The largest absolute Gasteiger partial charge is 0.389 e. The van der Waals surface area contributed by atoms with Crippen LogP contribution in [0.5, 0.6) is 0 Å². The molecule has 2 N–H and O–H groups in total. The fourth-order valence-electron chi connectivity index (χ4n) is 1.79. The third kappa shape index (κ3) is 4.25. The summed E-state index contributed by atoms with van der Waals surface area (Å²) in [5.74, 6) is 0. The van der Waals surface area contributed by atoms with Gasteiger partial charge in [0.25, 0.3) is 0 Å². The van der Waals surface area contributed by atoms with Crippen molar-refractivity contribution in [2.75, 3.05) is 6.54 Å². The van der Waals surface area contributed by atoms with Gasteiger partial charge in [0, 0.05) is 28.5 Å². The zero-order valence-electron chi connectivity index (χ0n) is 9.84. The van der Waals surface area contributed by atoms with Gasteiger partial charge in [-0.25, -0.2) is 0 Å². The second kappa shape index (κ2) is 5.27. The predicted octanol–water partition coefficient (Wildman–Crippen LogP) is 3.15. The first-order chi connectivity index (χ1) is 7.96. The van der Waals surface area contributed by atoms with Crippen molar-refractivity contribution in [2.24, 2.45) is 0 Å². The van der Waals surface area contributed by atoms with E-state index in [1.807, 2.05) is 25.1 Å². The quantitative estimate of drug-likeness (QED) is 0.874. The number of hydrogen-bond donors (Lipinski definition) is 2. The van der Waals surface area contributed by atoms with Gasteiger partial charge in [-0.05, 0) is 37.5 Å². The number of benzene rings is 1. The Morgan fingerprint density at radius 2 is 2.24 bits per heavy atom. The molecule has 4 heteroatoms. The van der Waals surface area contributed by atoms with Crippen LogP contribution < -0.4 is 5.32 Å². The minimum Gasteiger partial charge on any atom is -0.389 e. The van der Waals surface area contributed by atoms with E-state index in [4.69, 9.17) is 11.6 Å². The molecule has 0 aliphatic heterocycles. The topological polar surface area (TPSA) is 32.3 Å². The van der Waals surface area contributed by atoms with Gasteiger partial charge in [0.05, 0.1) is 5.60 Å². The molecule has 1 atom stereocenters. The van der Waals surface area contributed by atoms with Crippen LogP contribution in [0.1, 0.15) is 25.3 Å². The lowest BCUT2D eigenvalue weighted by Gasteiger charge is -2.24. The number of aliphatic hydroxyl groups is 1. The van der Waals surface area contributed by atoms with E-state index in [1.165, 1.54) is 12.8 Å². The smallest absolute Gasteiger partial charge is 0.0784 e. The highest BCUT2D eigenvalue weighted by molar-refractivity contribution is 9.10. The number of nitrogens with one attached hydrogen (secondary N) is 1. The SMILES string of the molecule is CC(O)(CNC1CC1)Cc1ccc(Br)cc1Cl. The lowest BCUT2D eigenvalue weighted by molar-refractivity contribution is 0.0598. The minimum atomic E-state index is -0.750. The Morgan fingerprint density at radius 3 is 2.82 bits per heavy atom. The molecule has 0 bridgehead atoms. The number of halogens is 2. The molecule has 1 fully saturated rings. The molecule has 0 aromatic heterocycles. The maximum atomic E-state index is 10.3. The van der Waals surface area contributed by atoms with Gasteiger partial charge >= 0.3 is 0 Å². The summed E-state index contributed by atoms with van der Waals surface area (Å²) < 4.78 is 0.960. The van der Waals surface area contributed by atoms with E-state index in [-0.39, 0.29) is 0 Å². The van der Waals surface area contributed by atoms with E-state index in [0.29, 0.717) is 24.0 Å². The van der Waals surface area contributed by atoms with Crippen LogP contribution in [0.3, 0.4) is 0 Å². The van der Waals surface area contributed by atoms with Crippen molar-refractivity contribution in [3.05, 3.63) is 33.3 Å². The van der Waals surface area contributed by atoms with Gasteiger partial charge in [0.1, 0.15) is 0 Å². The summed E-state index contributed by atoms with van der Waals surface area (Å²) in [4.78, 5) is 0. The van der Waals surface area contributed by atoms with E-state index in [0.717, 1.165) is 10.0 Å². The van der Waals surface area contributed by atoms with Crippen LogP contribution in [0, 0.1) is 0 Å². The van der Waals surface area contributed by atoms with E-state index in [1.54, 1.807) is 0 Å². The third-order valence-electron chi connectivity index (χ3n) is 2.94. The van der Waals surface area contributed by atoms with Gasteiger partial charge in [-0.2, -0.15) is 0 Å². The van der Waals surface area contributed by atoms with Crippen LogP contribution in [0.4, 0.5) is 0 Å². The molecule has 1 aliphatic carbocycles. The highest BCUT2D eigenvalue weighted by Gasteiger charge is 2.27. The van der Waals surface area contributed by atoms with Gasteiger partial charge in [0.15, 0.2) is 0 Å². The summed E-state index contributed by atoms with van der Waals surface area (Å²) in [6.07, 6.45) is 3.03. The van der Waals surface area contributed by atoms with Crippen molar-refractivity contribution in [1.29, 1.82) is 0 Å². The Balaban J connectivity index is 1.97. The average Bonchev–Trinajstić information content (AvgIpc) is 3.03. The molecule has 0 saturated heterocycles. The van der Waals surface area contributed by atoms with Gasteiger partial charge < -0.3 is 10.4 Å². The number of hydrogen-bond acceptors (Lipinski definition) is 2. The molecule has 1 saturated carbocycles. The lowest BCUT2D eigenvalue weighted by atomic mass is 9.96. The molecular formula is C13H17BrClNO. The molecule has 2 nitrogen and oxygen atoms in total. The summed E-state index contributed by atoms with van der Waals surface area (Å²) in [5, 5.41) is 14.4. The fraction of sp³-hybridized carbons (Fsp3) is 0.538.